The molecule has 1 heterocycles. The molecule has 5 nitrogen and oxygen atoms in total. The lowest BCUT2D eigenvalue weighted by Crippen LogP contribution is -2.07. The van der Waals surface area contributed by atoms with Gasteiger partial charge in [0.15, 0.2) is 16.6 Å². The first-order valence-corrected chi connectivity index (χ1v) is 12.3. The molecule has 34 heavy (non-hydrogen) atoms. The highest BCUT2D eigenvalue weighted by Crippen LogP contribution is 2.30. The summed E-state index contributed by atoms with van der Waals surface area (Å²) in [6.45, 7) is 0.390. The van der Waals surface area contributed by atoms with E-state index in [1.54, 1.807) is 13.2 Å². The van der Waals surface area contributed by atoms with Crippen LogP contribution < -0.4 is 14.8 Å². The van der Waals surface area contributed by atoms with Crippen molar-refractivity contribution < 1.29 is 14.3 Å². The van der Waals surface area contributed by atoms with Crippen molar-refractivity contribution in [2.45, 2.75) is 6.61 Å². The largest absolute Gasteiger partial charge is 0.493 e. The van der Waals surface area contributed by atoms with Crippen LogP contribution in [0.3, 0.4) is 0 Å². The fourth-order valence-electron chi connectivity index (χ4n) is 3.08. The molecular weight excluding hydrogens is 536 g/mol. The highest BCUT2D eigenvalue weighted by Gasteiger charge is 2.08. The molecule has 0 aliphatic heterocycles. The molecule has 0 radical (unpaired) electrons. The maximum Gasteiger partial charge on any atom is 0.250 e. The summed E-state index contributed by atoms with van der Waals surface area (Å²) in [5.41, 5.74) is 3.59. The van der Waals surface area contributed by atoms with Crippen LogP contribution in [-0.2, 0) is 11.4 Å². The molecule has 0 unspecified atom stereocenters. The Kier molecular flexibility index (Phi) is 8.00. The van der Waals surface area contributed by atoms with Crippen LogP contribution in [0.4, 0.5) is 5.13 Å². The average Bonchev–Trinajstić information content (AvgIpc) is 3.31. The van der Waals surface area contributed by atoms with Crippen LogP contribution in [0.15, 0.2) is 82.7 Å². The molecule has 0 atom stereocenters. The number of hydrogen-bond acceptors (Lipinski definition) is 5. The standard InChI is InChI=1S/C26H20BrClN2O3S/c1-32-24-13-17(7-11-23(24)33-15-18-5-9-21(28)10-6-18)8-12-25(31)30-26-29-22(16-34-26)19-3-2-4-20(27)14-19/h2-14,16H,15H2,1H3,(H,29,30,31)/b12-8+. The lowest BCUT2D eigenvalue weighted by Gasteiger charge is -2.11. The SMILES string of the molecule is COc1cc(/C=C/C(=O)Nc2nc(-c3cccc(Br)c3)cs2)ccc1OCc1ccc(Cl)cc1. The maximum absolute atomic E-state index is 12.4. The van der Waals surface area contributed by atoms with Gasteiger partial charge in [0.2, 0.25) is 5.91 Å². The number of rotatable bonds is 8. The third-order valence-electron chi connectivity index (χ3n) is 4.78. The number of ether oxygens (including phenoxy) is 2. The Bertz CT molecular complexity index is 1320. The van der Waals surface area contributed by atoms with Crippen molar-refractivity contribution in [2.24, 2.45) is 0 Å². The van der Waals surface area contributed by atoms with E-state index >= 15 is 0 Å². The zero-order valence-corrected chi connectivity index (χ0v) is 21.3. The second kappa shape index (κ2) is 11.3. The number of carbonyl (C=O) groups is 1. The summed E-state index contributed by atoms with van der Waals surface area (Å²) < 4.78 is 12.3. The number of methoxy groups -OCH3 is 1. The molecule has 3 aromatic carbocycles. The Balaban J connectivity index is 1.37. The van der Waals surface area contributed by atoms with Crippen molar-refractivity contribution in [1.29, 1.82) is 0 Å². The summed E-state index contributed by atoms with van der Waals surface area (Å²) in [6.07, 6.45) is 3.17. The van der Waals surface area contributed by atoms with E-state index in [0.717, 1.165) is 26.9 Å². The van der Waals surface area contributed by atoms with E-state index in [4.69, 9.17) is 21.1 Å². The van der Waals surface area contributed by atoms with Gasteiger partial charge in [-0.05, 0) is 53.6 Å². The maximum atomic E-state index is 12.4. The van der Waals surface area contributed by atoms with Crippen molar-refractivity contribution in [1.82, 2.24) is 4.98 Å². The molecule has 8 heteroatoms. The first-order valence-electron chi connectivity index (χ1n) is 10.3. The van der Waals surface area contributed by atoms with Gasteiger partial charge in [0.1, 0.15) is 6.61 Å². The third-order valence-corrected chi connectivity index (χ3v) is 6.28. The van der Waals surface area contributed by atoms with Gasteiger partial charge in [0.25, 0.3) is 0 Å². The van der Waals surface area contributed by atoms with Gasteiger partial charge in [-0.15, -0.1) is 11.3 Å². The molecule has 0 fully saturated rings. The van der Waals surface area contributed by atoms with Crippen LogP contribution in [0, 0.1) is 0 Å². The van der Waals surface area contributed by atoms with Gasteiger partial charge in [-0.2, -0.15) is 0 Å². The van der Waals surface area contributed by atoms with Gasteiger partial charge >= 0.3 is 0 Å². The third kappa shape index (κ3) is 6.47. The van der Waals surface area contributed by atoms with Crippen LogP contribution in [0.5, 0.6) is 11.5 Å². The zero-order valence-electron chi connectivity index (χ0n) is 18.1. The summed E-state index contributed by atoms with van der Waals surface area (Å²) in [7, 11) is 1.58. The topological polar surface area (TPSA) is 60.5 Å². The molecule has 4 aromatic rings. The van der Waals surface area contributed by atoms with E-state index in [1.165, 1.54) is 17.4 Å². The van der Waals surface area contributed by atoms with Gasteiger partial charge in [0, 0.05) is 26.5 Å². The van der Waals surface area contributed by atoms with E-state index in [0.29, 0.717) is 28.3 Å². The molecule has 0 saturated carbocycles. The predicted molar refractivity (Wildman–Crippen MR) is 142 cm³/mol. The highest BCUT2D eigenvalue weighted by molar-refractivity contribution is 9.10. The fourth-order valence-corrected chi connectivity index (χ4v) is 4.33. The number of aromatic nitrogens is 1. The van der Waals surface area contributed by atoms with E-state index < -0.39 is 0 Å². The van der Waals surface area contributed by atoms with Gasteiger partial charge in [-0.1, -0.05) is 57.9 Å². The first kappa shape index (κ1) is 24.0. The van der Waals surface area contributed by atoms with Crippen LogP contribution >= 0.6 is 38.9 Å². The molecule has 1 aromatic heterocycles. The zero-order chi connectivity index (χ0) is 23.9. The number of thiazole rings is 1. The molecule has 172 valence electrons. The van der Waals surface area contributed by atoms with Crippen LogP contribution in [0.25, 0.3) is 17.3 Å². The first-order chi connectivity index (χ1) is 16.5. The summed E-state index contributed by atoms with van der Waals surface area (Å²) in [6, 6.07) is 20.8. The van der Waals surface area contributed by atoms with E-state index in [1.807, 2.05) is 72.1 Å². The lowest BCUT2D eigenvalue weighted by atomic mass is 10.2. The minimum absolute atomic E-state index is 0.267. The van der Waals surface area contributed by atoms with Crippen molar-refractivity contribution in [3.05, 3.63) is 98.8 Å². The quantitative estimate of drug-likeness (QED) is 0.229. The number of carbonyl (C=O) groups excluding carboxylic acids is 1. The van der Waals surface area contributed by atoms with Gasteiger partial charge in [-0.3, -0.25) is 10.1 Å². The number of hydrogen-bond donors (Lipinski definition) is 1. The number of halogens is 2. The van der Waals surface area contributed by atoms with Gasteiger partial charge < -0.3 is 9.47 Å². The Labute approximate surface area is 215 Å². The fraction of sp³-hybridized carbons (Fsp3) is 0.0769. The molecule has 4 rings (SSSR count). The predicted octanol–water partition coefficient (Wildman–Crippen LogP) is 7.47. The summed E-state index contributed by atoms with van der Waals surface area (Å²) in [5, 5.41) is 5.93. The molecule has 0 saturated heterocycles. The van der Waals surface area contributed by atoms with Gasteiger partial charge in [0.05, 0.1) is 12.8 Å². The van der Waals surface area contributed by atoms with E-state index in [2.05, 4.69) is 26.2 Å². The minimum atomic E-state index is -0.267. The second-order valence-electron chi connectivity index (χ2n) is 7.20. The van der Waals surface area contributed by atoms with Crippen LogP contribution in [0.2, 0.25) is 5.02 Å². The molecular formula is C26H20BrClN2O3S. The Morgan fingerprint density at radius 3 is 2.71 bits per heavy atom. The smallest absolute Gasteiger partial charge is 0.250 e. The van der Waals surface area contributed by atoms with Crippen molar-refractivity contribution >= 4 is 56.0 Å². The number of anilines is 1. The Hall–Kier alpha value is -3.13. The molecule has 0 aliphatic carbocycles. The van der Waals surface area contributed by atoms with E-state index in [9.17, 15) is 4.79 Å². The van der Waals surface area contributed by atoms with Crippen LogP contribution in [-0.4, -0.2) is 18.0 Å². The number of nitrogens with one attached hydrogen (secondary N) is 1. The lowest BCUT2D eigenvalue weighted by molar-refractivity contribution is -0.111. The molecule has 0 spiro atoms. The molecule has 1 amide bonds. The minimum Gasteiger partial charge on any atom is -0.493 e. The number of benzene rings is 3. The normalized spacial score (nSPS) is 10.9. The van der Waals surface area contributed by atoms with Crippen molar-refractivity contribution in [2.75, 3.05) is 12.4 Å². The summed E-state index contributed by atoms with van der Waals surface area (Å²) in [4.78, 5) is 16.9. The average molecular weight is 556 g/mol. The van der Waals surface area contributed by atoms with Crippen molar-refractivity contribution in [3.8, 4) is 22.8 Å². The number of nitrogens with zero attached hydrogens (tertiary/aromatic N) is 1. The summed E-state index contributed by atoms with van der Waals surface area (Å²) >= 11 is 10.8. The summed E-state index contributed by atoms with van der Waals surface area (Å²) in [5.74, 6) is 0.925. The van der Waals surface area contributed by atoms with Gasteiger partial charge in [-0.25, -0.2) is 4.98 Å². The molecule has 0 aliphatic rings. The second-order valence-corrected chi connectivity index (χ2v) is 9.41. The Morgan fingerprint density at radius 1 is 1.12 bits per heavy atom. The van der Waals surface area contributed by atoms with Crippen molar-refractivity contribution in [3.63, 3.8) is 0 Å². The monoisotopic (exact) mass is 554 g/mol. The van der Waals surface area contributed by atoms with Crippen LogP contribution in [0.1, 0.15) is 11.1 Å². The molecule has 1 N–H and O–H groups in total. The Morgan fingerprint density at radius 2 is 1.94 bits per heavy atom. The van der Waals surface area contributed by atoms with E-state index in [-0.39, 0.29) is 5.91 Å². The number of amides is 1. The highest BCUT2D eigenvalue weighted by atomic mass is 79.9. The molecule has 0 bridgehead atoms.